The van der Waals surface area contributed by atoms with Crippen LogP contribution in [0.1, 0.15) is 0 Å². The highest BCUT2D eigenvalue weighted by atomic mass is 32.1. The summed E-state index contributed by atoms with van der Waals surface area (Å²) in [4.78, 5) is 0. The van der Waals surface area contributed by atoms with E-state index in [1.54, 1.807) is 0 Å². The lowest BCUT2D eigenvalue weighted by molar-refractivity contribution is 1.17. The fraction of sp³-hybridized carbons (Fsp3) is 0. The van der Waals surface area contributed by atoms with Gasteiger partial charge in [0.1, 0.15) is 0 Å². The van der Waals surface area contributed by atoms with Crippen LogP contribution in [-0.2, 0) is 0 Å². The van der Waals surface area contributed by atoms with Gasteiger partial charge < -0.3 is 9.13 Å². The molecular weight excluding hydrogens is 541 g/mol. The van der Waals surface area contributed by atoms with Crippen LogP contribution in [-0.4, -0.2) is 9.13 Å². The SMILES string of the molecule is c1ccc2cc(-n3c4ccccc4c4c(-n5c6ccccc6c6cc7sc8ccccc8c7cc65)cccc43)ccc2c1. The number of nitrogens with zero attached hydrogens (tertiary/aromatic N) is 2. The molecule has 200 valence electrons. The van der Waals surface area contributed by atoms with Crippen LogP contribution in [0.3, 0.4) is 0 Å². The van der Waals surface area contributed by atoms with E-state index < -0.39 is 0 Å². The van der Waals surface area contributed by atoms with E-state index in [4.69, 9.17) is 0 Å². The first kappa shape index (κ1) is 23.2. The molecule has 3 aromatic heterocycles. The quantitative estimate of drug-likeness (QED) is 0.198. The van der Waals surface area contributed by atoms with Gasteiger partial charge in [0.15, 0.2) is 0 Å². The topological polar surface area (TPSA) is 9.86 Å². The Bertz CT molecular complexity index is 2740. The summed E-state index contributed by atoms with van der Waals surface area (Å²) in [5, 5.41) is 10.3. The van der Waals surface area contributed by atoms with Gasteiger partial charge in [0.2, 0.25) is 0 Å². The zero-order chi connectivity index (χ0) is 28.1. The summed E-state index contributed by atoms with van der Waals surface area (Å²) < 4.78 is 7.60. The molecule has 0 aliphatic rings. The summed E-state index contributed by atoms with van der Waals surface area (Å²) >= 11 is 1.88. The molecule has 0 fully saturated rings. The summed E-state index contributed by atoms with van der Waals surface area (Å²) in [6.45, 7) is 0. The summed E-state index contributed by atoms with van der Waals surface area (Å²) in [6, 6.07) is 53.5. The Morgan fingerprint density at radius 2 is 1.07 bits per heavy atom. The van der Waals surface area contributed by atoms with Crippen molar-refractivity contribution in [2.24, 2.45) is 0 Å². The zero-order valence-electron chi connectivity index (χ0n) is 23.2. The van der Waals surface area contributed by atoms with Crippen LogP contribution < -0.4 is 0 Å². The third-order valence-corrected chi connectivity index (χ3v) is 10.2. The zero-order valence-corrected chi connectivity index (χ0v) is 24.0. The molecule has 0 radical (unpaired) electrons. The van der Waals surface area contributed by atoms with Crippen LogP contribution in [0.15, 0.2) is 146 Å². The van der Waals surface area contributed by atoms with Gasteiger partial charge in [-0.05, 0) is 65.4 Å². The fourth-order valence-corrected chi connectivity index (χ4v) is 8.35. The highest BCUT2D eigenvalue weighted by Crippen LogP contribution is 2.43. The Hall–Kier alpha value is -5.38. The van der Waals surface area contributed by atoms with Gasteiger partial charge in [-0.1, -0.05) is 91.0 Å². The van der Waals surface area contributed by atoms with Crippen LogP contribution in [0, 0.1) is 0 Å². The van der Waals surface area contributed by atoms with Crippen molar-refractivity contribution in [3.63, 3.8) is 0 Å². The van der Waals surface area contributed by atoms with Gasteiger partial charge in [-0.3, -0.25) is 0 Å². The van der Waals surface area contributed by atoms with E-state index in [0.29, 0.717) is 0 Å². The van der Waals surface area contributed by atoms with Crippen LogP contribution >= 0.6 is 11.3 Å². The first-order valence-corrected chi connectivity index (χ1v) is 15.5. The largest absolute Gasteiger partial charge is 0.309 e. The van der Waals surface area contributed by atoms with Gasteiger partial charge in [-0.2, -0.15) is 0 Å². The lowest BCUT2D eigenvalue weighted by Crippen LogP contribution is -1.96. The van der Waals surface area contributed by atoms with Crippen LogP contribution in [0.2, 0.25) is 0 Å². The molecule has 7 aromatic carbocycles. The summed E-state index contributed by atoms with van der Waals surface area (Å²) in [7, 11) is 0. The standard InChI is InChI=1S/C40H24N2S/c1-2-11-26-22-27(21-20-25(26)10-1)41-34-16-7-4-14-30(34)40-35(41)17-9-18-36(40)42-33-15-6-3-12-28(33)31-24-39-32(23-37(31)42)29-13-5-8-19-38(29)43-39/h1-24H. The van der Waals surface area contributed by atoms with E-state index in [2.05, 4.69) is 155 Å². The molecule has 0 amide bonds. The van der Waals surface area contributed by atoms with E-state index in [0.717, 1.165) is 0 Å². The molecule has 0 unspecified atom stereocenters. The molecule has 0 saturated heterocycles. The van der Waals surface area contributed by atoms with Crippen molar-refractivity contribution in [3.05, 3.63) is 146 Å². The molecular formula is C40H24N2S. The molecule has 10 aromatic rings. The second-order valence-electron chi connectivity index (χ2n) is 11.4. The molecule has 0 aliphatic heterocycles. The molecule has 0 spiro atoms. The molecule has 0 aliphatic carbocycles. The average molecular weight is 565 g/mol. The van der Waals surface area contributed by atoms with E-state index in [1.165, 1.54) is 85.9 Å². The molecule has 43 heavy (non-hydrogen) atoms. The van der Waals surface area contributed by atoms with Gasteiger partial charge in [-0.15, -0.1) is 11.3 Å². The Kier molecular flexibility index (Phi) is 4.63. The minimum absolute atomic E-state index is 1.18. The minimum atomic E-state index is 1.18. The molecule has 2 nitrogen and oxygen atoms in total. The van der Waals surface area contributed by atoms with Crippen molar-refractivity contribution in [2.75, 3.05) is 0 Å². The monoisotopic (exact) mass is 564 g/mol. The summed E-state index contributed by atoms with van der Waals surface area (Å²) in [5.74, 6) is 0. The Balaban J connectivity index is 1.35. The highest BCUT2D eigenvalue weighted by molar-refractivity contribution is 7.25. The molecule has 10 rings (SSSR count). The number of hydrogen-bond donors (Lipinski definition) is 0. The number of para-hydroxylation sites is 2. The average Bonchev–Trinajstić information content (AvgIpc) is 3.71. The van der Waals surface area contributed by atoms with Crippen LogP contribution in [0.4, 0.5) is 0 Å². The van der Waals surface area contributed by atoms with E-state index in [1.807, 2.05) is 11.3 Å². The maximum absolute atomic E-state index is 2.50. The van der Waals surface area contributed by atoms with E-state index in [9.17, 15) is 0 Å². The lowest BCUT2D eigenvalue weighted by Gasteiger charge is -2.12. The second-order valence-corrected chi connectivity index (χ2v) is 12.5. The highest BCUT2D eigenvalue weighted by Gasteiger charge is 2.20. The van der Waals surface area contributed by atoms with Crippen molar-refractivity contribution >= 4 is 85.9 Å². The molecule has 0 bridgehead atoms. The van der Waals surface area contributed by atoms with Crippen molar-refractivity contribution < 1.29 is 0 Å². The fourth-order valence-electron chi connectivity index (χ4n) is 7.23. The maximum atomic E-state index is 2.50. The van der Waals surface area contributed by atoms with Gasteiger partial charge >= 0.3 is 0 Å². The number of fused-ring (bicyclic) bond motifs is 10. The van der Waals surface area contributed by atoms with Gasteiger partial charge in [0.25, 0.3) is 0 Å². The Morgan fingerprint density at radius 3 is 1.95 bits per heavy atom. The molecule has 3 heterocycles. The van der Waals surface area contributed by atoms with Crippen LogP contribution in [0.5, 0.6) is 0 Å². The maximum Gasteiger partial charge on any atom is 0.0562 e. The van der Waals surface area contributed by atoms with Crippen molar-refractivity contribution in [2.45, 2.75) is 0 Å². The first-order valence-electron chi connectivity index (χ1n) is 14.7. The minimum Gasteiger partial charge on any atom is -0.309 e. The first-order chi connectivity index (χ1) is 21.3. The van der Waals surface area contributed by atoms with Gasteiger partial charge in [0, 0.05) is 47.4 Å². The van der Waals surface area contributed by atoms with E-state index in [-0.39, 0.29) is 0 Å². The van der Waals surface area contributed by atoms with Crippen molar-refractivity contribution in [3.8, 4) is 11.4 Å². The molecule has 0 saturated carbocycles. The van der Waals surface area contributed by atoms with Gasteiger partial charge in [0.05, 0.1) is 27.8 Å². The van der Waals surface area contributed by atoms with E-state index >= 15 is 0 Å². The van der Waals surface area contributed by atoms with Crippen LogP contribution in [0.25, 0.3) is 85.9 Å². The summed E-state index contributed by atoms with van der Waals surface area (Å²) in [6.07, 6.45) is 0. The number of rotatable bonds is 2. The van der Waals surface area contributed by atoms with Gasteiger partial charge in [-0.25, -0.2) is 0 Å². The molecule has 0 atom stereocenters. The third kappa shape index (κ3) is 3.17. The van der Waals surface area contributed by atoms with Crippen molar-refractivity contribution in [1.29, 1.82) is 0 Å². The molecule has 3 heteroatoms. The molecule has 0 N–H and O–H groups in total. The number of aromatic nitrogens is 2. The normalized spacial score (nSPS) is 12.2. The lowest BCUT2D eigenvalue weighted by atomic mass is 10.1. The third-order valence-electron chi connectivity index (χ3n) is 9.08. The predicted molar refractivity (Wildman–Crippen MR) is 186 cm³/mol. The number of thiophene rings is 1. The number of hydrogen-bond acceptors (Lipinski definition) is 1. The smallest absolute Gasteiger partial charge is 0.0562 e. The Morgan fingerprint density at radius 1 is 0.372 bits per heavy atom. The number of benzene rings is 7. The Labute approximate surface area is 251 Å². The summed E-state index contributed by atoms with van der Waals surface area (Å²) in [5.41, 5.74) is 7.28. The predicted octanol–water partition coefficient (Wildman–Crippen LogP) is 11.4. The van der Waals surface area contributed by atoms with Crippen molar-refractivity contribution in [1.82, 2.24) is 9.13 Å². The second kappa shape index (κ2) is 8.57.